The summed E-state index contributed by atoms with van der Waals surface area (Å²) in [6.45, 7) is 2.41. The van der Waals surface area contributed by atoms with Crippen LogP contribution in [0.5, 0.6) is 0 Å². The standard InChI is InChI=1S/C11H13F2N3O2/c1-14-2-4-15(5-3-14)11-9(12)6-8(16(17)18)7-10(11)13/h6-7H,2-5H2,1H3. The van der Waals surface area contributed by atoms with Crippen LogP contribution in [0.4, 0.5) is 20.2 Å². The molecule has 1 aromatic rings. The van der Waals surface area contributed by atoms with E-state index in [0.29, 0.717) is 26.2 Å². The molecule has 0 unspecified atom stereocenters. The number of nitrogens with zero attached hydrogens (tertiary/aromatic N) is 3. The summed E-state index contributed by atoms with van der Waals surface area (Å²) < 4.78 is 27.5. The summed E-state index contributed by atoms with van der Waals surface area (Å²) in [6.07, 6.45) is 0. The monoisotopic (exact) mass is 257 g/mol. The third kappa shape index (κ3) is 2.40. The van der Waals surface area contributed by atoms with Gasteiger partial charge in [-0.2, -0.15) is 0 Å². The van der Waals surface area contributed by atoms with E-state index < -0.39 is 22.2 Å². The molecule has 0 bridgehead atoms. The van der Waals surface area contributed by atoms with Crippen molar-refractivity contribution in [3.8, 4) is 0 Å². The zero-order valence-corrected chi connectivity index (χ0v) is 9.90. The van der Waals surface area contributed by atoms with E-state index in [0.717, 1.165) is 12.1 Å². The Morgan fingerprint density at radius 2 is 1.67 bits per heavy atom. The minimum Gasteiger partial charge on any atom is -0.364 e. The largest absolute Gasteiger partial charge is 0.364 e. The van der Waals surface area contributed by atoms with Gasteiger partial charge in [-0.25, -0.2) is 8.78 Å². The molecule has 0 radical (unpaired) electrons. The topological polar surface area (TPSA) is 49.6 Å². The van der Waals surface area contributed by atoms with Gasteiger partial charge in [0.2, 0.25) is 0 Å². The first-order valence-electron chi connectivity index (χ1n) is 5.56. The van der Waals surface area contributed by atoms with Crippen LogP contribution in [0.2, 0.25) is 0 Å². The summed E-state index contributed by atoms with van der Waals surface area (Å²) >= 11 is 0. The van der Waals surface area contributed by atoms with E-state index in [9.17, 15) is 18.9 Å². The number of non-ortho nitro benzene ring substituents is 1. The van der Waals surface area contributed by atoms with Crippen LogP contribution in [0.15, 0.2) is 12.1 Å². The Bertz CT molecular complexity index is 450. The predicted octanol–water partition coefficient (Wildman–Crippen LogP) is 1.62. The minimum absolute atomic E-state index is 0.172. The minimum atomic E-state index is -0.883. The molecule has 98 valence electrons. The molecule has 0 amide bonds. The van der Waals surface area contributed by atoms with Crippen LogP contribution >= 0.6 is 0 Å². The first-order valence-corrected chi connectivity index (χ1v) is 5.56. The van der Waals surface area contributed by atoms with Crippen molar-refractivity contribution in [2.75, 3.05) is 38.1 Å². The van der Waals surface area contributed by atoms with Crippen molar-refractivity contribution < 1.29 is 13.7 Å². The summed E-state index contributed by atoms with van der Waals surface area (Å²) in [6, 6.07) is 1.52. The molecule has 1 aromatic carbocycles. The molecular weight excluding hydrogens is 244 g/mol. The summed E-state index contributed by atoms with van der Waals surface area (Å²) in [5.74, 6) is -1.77. The number of nitro groups is 1. The third-order valence-electron chi connectivity index (χ3n) is 3.03. The van der Waals surface area contributed by atoms with Crippen LogP contribution < -0.4 is 4.90 Å². The van der Waals surface area contributed by atoms with E-state index in [4.69, 9.17) is 0 Å². The van der Waals surface area contributed by atoms with Crippen molar-refractivity contribution in [2.45, 2.75) is 0 Å². The maximum absolute atomic E-state index is 13.8. The molecule has 1 aliphatic rings. The number of anilines is 1. The van der Waals surface area contributed by atoms with Gasteiger partial charge in [0, 0.05) is 26.2 Å². The summed E-state index contributed by atoms with van der Waals surface area (Å²) in [7, 11) is 1.93. The molecule has 0 N–H and O–H groups in total. The molecule has 5 nitrogen and oxygen atoms in total. The molecule has 1 aliphatic heterocycles. The number of piperazine rings is 1. The fraction of sp³-hybridized carbons (Fsp3) is 0.455. The molecule has 0 saturated carbocycles. The van der Waals surface area contributed by atoms with Crippen LogP contribution in [0, 0.1) is 21.7 Å². The van der Waals surface area contributed by atoms with Crippen LogP contribution in [0.1, 0.15) is 0 Å². The molecule has 0 atom stereocenters. The highest BCUT2D eigenvalue weighted by atomic mass is 19.1. The van der Waals surface area contributed by atoms with Gasteiger partial charge in [-0.05, 0) is 7.05 Å². The molecular formula is C11H13F2N3O2. The van der Waals surface area contributed by atoms with Crippen molar-refractivity contribution in [1.82, 2.24) is 4.90 Å². The normalized spacial score (nSPS) is 16.9. The van der Waals surface area contributed by atoms with Crippen molar-refractivity contribution >= 4 is 11.4 Å². The number of benzene rings is 1. The Balaban J connectivity index is 2.31. The maximum Gasteiger partial charge on any atom is 0.275 e. The number of rotatable bonds is 2. The Hall–Kier alpha value is -1.76. The maximum atomic E-state index is 13.8. The van der Waals surface area contributed by atoms with E-state index in [1.54, 1.807) is 4.90 Å². The van der Waals surface area contributed by atoms with E-state index >= 15 is 0 Å². The molecule has 1 heterocycles. The lowest BCUT2D eigenvalue weighted by Crippen LogP contribution is -2.45. The molecule has 1 fully saturated rings. The molecule has 18 heavy (non-hydrogen) atoms. The smallest absolute Gasteiger partial charge is 0.275 e. The highest BCUT2D eigenvalue weighted by molar-refractivity contribution is 5.54. The number of likely N-dealkylation sites (N-methyl/N-ethyl adjacent to an activating group) is 1. The van der Waals surface area contributed by atoms with Gasteiger partial charge < -0.3 is 9.80 Å². The zero-order chi connectivity index (χ0) is 13.3. The van der Waals surface area contributed by atoms with E-state index in [1.165, 1.54) is 0 Å². The van der Waals surface area contributed by atoms with E-state index in [1.807, 2.05) is 7.05 Å². The van der Waals surface area contributed by atoms with Gasteiger partial charge in [0.05, 0.1) is 17.1 Å². The van der Waals surface area contributed by atoms with E-state index in [-0.39, 0.29) is 5.69 Å². The Morgan fingerprint density at radius 1 is 1.17 bits per heavy atom. The van der Waals surface area contributed by atoms with Crippen molar-refractivity contribution in [2.24, 2.45) is 0 Å². The van der Waals surface area contributed by atoms with Gasteiger partial charge in [-0.1, -0.05) is 0 Å². The van der Waals surface area contributed by atoms with Crippen LogP contribution in [-0.2, 0) is 0 Å². The fourth-order valence-corrected chi connectivity index (χ4v) is 1.99. The lowest BCUT2D eigenvalue weighted by molar-refractivity contribution is -0.385. The fourth-order valence-electron chi connectivity index (χ4n) is 1.99. The van der Waals surface area contributed by atoms with Crippen LogP contribution in [-0.4, -0.2) is 43.0 Å². The summed E-state index contributed by atoms with van der Waals surface area (Å²) in [5.41, 5.74) is -0.739. The van der Waals surface area contributed by atoms with Crippen LogP contribution in [0.3, 0.4) is 0 Å². The SMILES string of the molecule is CN1CCN(c2c(F)cc([N+](=O)[O-])cc2F)CC1. The predicted molar refractivity (Wildman–Crippen MR) is 62.7 cm³/mol. The van der Waals surface area contributed by atoms with Gasteiger partial charge >= 0.3 is 0 Å². The highest BCUT2D eigenvalue weighted by Gasteiger charge is 2.23. The summed E-state index contributed by atoms with van der Waals surface area (Å²) in [4.78, 5) is 13.3. The van der Waals surface area contributed by atoms with Gasteiger partial charge in [0.15, 0.2) is 11.6 Å². The zero-order valence-electron chi connectivity index (χ0n) is 9.90. The Kier molecular flexibility index (Phi) is 3.42. The highest BCUT2D eigenvalue weighted by Crippen LogP contribution is 2.28. The first kappa shape index (κ1) is 12.7. The quantitative estimate of drug-likeness (QED) is 0.596. The second-order valence-corrected chi connectivity index (χ2v) is 4.31. The second kappa shape index (κ2) is 4.85. The molecule has 1 saturated heterocycles. The number of halogens is 2. The summed E-state index contributed by atoms with van der Waals surface area (Å²) in [5, 5.41) is 10.5. The molecule has 2 rings (SSSR count). The number of nitro benzene ring substituents is 1. The molecule has 0 spiro atoms. The van der Waals surface area contributed by atoms with Gasteiger partial charge in [-0.15, -0.1) is 0 Å². The van der Waals surface area contributed by atoms with Crippen LogP contribution in [0.25, 0.3) is 0 Å². The third-order valence-corrected chi connectivity index (χ3v) is 3.03. The van der Waals surface area contributed by atoms with E-state index in [2.05, 4.69) is 4.90 Å². The number of hydrogen-bond donors (Lipinski definition) is 0. The van der Waals surface area contributed by atoms with Gasteiger partial charge in [-0.3, -0.25) is 10.1 Å². The van der Waals surface area contributed by atoms with Crippen molar-refractivity contribution in [1.29, 1.82) is 0 Å². The Morgan fingerprint density at radius 3 is 2.11 bits per heavy atom. The average molecular weight is 257 g/mol. The Labute approximate surface area is 103 Å². The first-order chi connectivity index (χ1) is 8.49. The molecule has 0 aliphatic carbocycles. The average Bonchev–Trinajstić information content (AvgIpc) is 2.30. The lowest BCUT2D eigenvalue weighted by Gasteiger charge is -2.34. The van der Waals surface area contributed by atoms with Gasteiger partial charge in [0.1, 0.15) is 5.69 Å². The number of hydrogen-bond acceptors (Lipinski definition) is 4. The lowest BCUT2D eigenvalue weighted by atomic mass is 10.2. The van der Waals surface area contributed by atoms with Crippen molar-refractivity contribution in [3.05, 3.63) is 33.9 Å². The van der Waals surface area contributed by atoms with Crippen molar-refractivity contribution in [3.63, 3.8) is 0 Å². The molecule has 0 aromatic heterocycles. The van der Waals surface area contributed by atoms with Gasteiger partial charge in [0.25, 0.3) is 5.69 Å². The second-order valence-electron chi connectivity index (χ2n) is 4.31. The molecule has 7 heteroatoms.